The molecular formula is C8H8O3S. The summed E-state index contributed by atoms with van der Waals surface area (Å²) >= 11 is 1.46. The van der Waals surface area contributed by atoms with E-state index in [0.29, 0.717) is 6.61 Å². The van der Waals surface area contributed by atoms with Crippen molar-refractivity contribution in [3.63, 3.8) is 0 Å². The van der Waals surface area contributed by atoms with Crippen molar-refractivity contribution >= 4 is 17.3 Å². The number of carbonyl (C=O) groups is 1. The van der Waals surface area contributed by atoms with Crippen LogP contribution in [0.5, 0.6) is 0 Å². The van der Waals surface area contributed by atoms with Crippen molar-refractivity contribution in [3.8, 4) is 0 Å². The molecule has 1 aromatic heterocycles. The summed E-state index contributed by atoms with van der Waals surface area (Å²) in [5, 5.41) is 10.7. The van der Waals surface area contributed by atoms with Crippen LogP contribution < -0.4 is 0 Å². The first-order valence-electron chi connectivity index (χ1n) is 3.69. The first-order chi connectivity index (χ1) is 5.79. The van der Waals surface area contributed by atoms with Gasteiger partial charge in [-0.05, 0) is 23.4 Å². The molecule has 0 saturated carbocycles. The number of hydrogen-bond donors (Lipinski definition) is 1. The summed E-state index contributed by atoms with van der Waals surface area (Å²) in [5.74, 6) is -0.890. The van der Waals surface area contributed by atoms with Gasteiger partial charge in [-0.3, -0.25) is 0 Å². The van der Waals surface area contributed by atoms with Crippen molar-refractivity contribution in [2.45, 2.75) is 12.5 Å². The predicted molar refractivity (Wildman–Crippen MR) is 44.4 cm³/mol. The number of hydrogen-bond acceptors (Lipinski definition) is 3. The summed E-state index contributed by atoms with van der Waals surface area (Å²) in [6, 6.07) is 1.97. The number of thiophene rings is 1. The van der Waals surface area contributed by atoms with E-state index in [9.17, 15) is 4.79 Å². The van der Waals surface area contributed by atoms with Crippen molar-refractivity contribution in [2.24, 2.45) is 0 Å². The highest BCUT2D eigenvalue weighted by atomic mass is 32.1. The maximum absolute atomic E-state index is 10.7. The molecular weight excluding hydrogens is 176 g/mol. The average molecular weight is 184 g/mol. The van der Waals surface area contributed by atoms with E-state index in [2.05, 4.69) is 0 Å². The zero-order valence-corrected chi connectivity index (χ0v) is 7.13. The van der Waals surface area contributed by atoms with E-state index in [0.717, 1.165) is 16.9 Å². The lowest BCUT2D eigenvalue weighted by Crippen LogP contribution is -2.21. The van der Waals surface area contributed by atoms with Crippen molar-refractivity contribution in [1.82, 2.24) is 0 Å². The second-order valence-corrected chi connectivity index (χ2v) is 3.60. The Morgan fingerprint density at radius 1 is 1.75 bits per heavy atom. The van der Waals surface area contributed by atoms with Crippen LogP contribution >= 0.6 is 11.3 Å². The van der Waals surface area contributed by atoms with Gasteiger partial charge in [0.2, 0.25) is 0 Å². The Morgan fingerprint density at radius 2 is 2.58 bits per heavy atom. The zero-order chi connectivity index (χ0) is 8.55. The molecule has 12 heavy (non-hydrogen) atoms. The number of ether oxygens (including phenoxy) is 1. The fourth-order valence-corrected chi connectivity index (χ4v) is 2.32. The van der Waals surface area contributed by atoms with Gasteiger partial charge in [0.1, 0.15) is 0 Å². The van der Waals surface area contributed by atoms with Gasteiger partial charge in [0.05, 0.1) is 6.61 Å². The van der Waals surface area contributed by atoms with E-state index in [1.165, 1.54) is 11.3 Å². The van der Waals surface area contributed by atoms with Crippen LogP contribution in [-0.2, 0) is 16.0 Å². The summed E-state index contributed by atoms with van der Waals surface area (Å²) in [6.45, 7) is 0.515. The van der Waals surface area contributed by atoms with E-state index >= 15 is 0 Å². The highest BCUT2D eigenvalue weighted by molar-refractivity contribution is 7.10. The third-order valence-corrected chi connectivity index (χ3v) is 2.90. The number of carboxylic acids is 1. The maximum Gasteiger partial charge on any atom is 0.338 e. The lowest BCUT2D eigenvalue weighted by atomic mass is 10.1. The van der Waals surface area contributed by atoms with Crippen molar-refractivity contribution in [2.75, 3.05) is 6.61 Å². The van der Waals surface area contributed by atoms with Crippen molar-refractivity contribution in [3.05, 3.63) is 21.9 Å². The van der Waals surface area contributed by atoms with E-state index in [1.807, 2.05) is 11.4 Å². The first kappa shape index (κ1) is 7.76. The maximum atomic E-state index is 10.7. The smallest absolute Gasteiger partial charge is 0.338 e. The first-order valence-corrected chi connectivity index (χ1v) is 4.57. The van der Waals surface area contributed by atoms with Crippen LogP contribution in [0.1, 0.15) is 16.5 Å². The second kappa shape index (κ2) is 2.88. The van der Waals surface area contributed by atoms with Gasteiger partial charge in [0.25, 0.3) is 0 Å². The Labute approximate surface area is 73.6 Å². The molecule has 1 aliphatic rings. The SMILES string of the molecule is O=C(O)C1OCCc2ccsc21. The number of carboxylic acid groups (broad SMARTS) is 1. The fraction of sp³-hybridized carbons (Fsp3) is 0.375. The van der Waals surface area contributed by atoms with Gasteiger partial charge in [-0.15, -0.1) is 11.3 Å². The van der Waals surface area contributed by atoms with Gasteiger partial charge in [0, 0.05) is 4.88 Å². The molecule has 0 aromatic carbocycles. The summed E-state index contributed by atoms with van der Waals surface area (Å²) in [7, 11) is 0. The Balaban J connectivity index is 2.37. The average Bonchev–Trinajstić information content (AvgIpc) is 2.49. The molecule has 64 valence electrons. The minimum absolute atomic E-state index is 0.515. The summed E-state index contributed by atoms with van der Waals surface area (Å²) in [6.07, 6.45) is 0.108. The molecule has 2 heterocycles. The Bertz CT molecular complexity index is 305. The minimum atomic E-state index is -0.890. The molecule has 4 heteroatoms. The van der Waals surface area contributed by atoms with Gasteiger partial charge in [-0.2, -0.15) is 0 Å². The molecule has 1 atom stereocenters. The van der Waals surface area contributed by atoms with E-state index in [1.54, 1.807) is 0 Å². The van der Waals surface area contributed by atoms with Crippen molar-refractivity contribution in [1.29, 1.82) is 0 Å². The van der Waals surface area contributed by atoms with E-state index in [4.69, 9.17) is 9.84 Å². The van der Waals surface area contributed by atoms with Crippen LogP contribution in [0.25, 0.3) is 0 Å². The molecule has 0 radical (unpaired) electrons. The number of aliphatic carboxylic acids is 1. The number of fused-ring (bicyclic) bond motifs is 1. The van der Waals surface area contributed by atoms with Crippen LogP contribution in [0.4, 0.5) is 0 Å². The molecule has 2 rings (SSSR count). The van der Waals surface area contributed by atoms with Crippen LogP contribution in [0.15, 0.2) is 11.4 Å². The zero-order valence-electron chi connectivity index (χ0n) is 6.32. The lowest BCUT2D eigenvalue weighted by Gasteiger charge is -2.18. The number of rotatable bonds is 1. The van der Waals surface area contributed by atoms with Gasteiger partial charge < -0.3 is 9.84 Å². The van der Waals surface area contributed by atoms with E-state index in [-0.39, 0.29) is 0 Å². The molecule has 1 unspecified atom stereocenters. The Hall–Kier alpha value is -0.870. The van der Waals surface area contributed by atoms with Crippen LogP contribution in [0.2, 0.25) is 0 Å². The quantitative estimate of drug-likeness (QED) is 0.718. The highest BCUT2D eigenvalue weighted by Gasteiger charge is 2.27. The van der Waals surface area contributed by atoms with Crippen LogP contribution in [-0.4, -0.2) is 17.7 Å². The lowest BCUT2D eigenvalue weighted by molar-refractivity contribution is -0.151. The van der Waals surface area contributed by atoms with Crippen molar-refractivity contribution < 1.29 is 14.6 Å². The second-order valence-electron chi connectivity index (χ2n) is 2.65. The summed E-state index contributed by atoms with van der Waals surface area (Å²) < 4.78 is 5.14. The largest absolute Gasteiger partial charge is 0.479 e. The molecule has 0 saturated heterocycles. The van der Waals surface area contributed by atoms with Crippen LogP contribution in [0.3, 0.4) is 0 Å². The normalized spacial score (nSPS) is 21.8. The molecule has 0 amide bonds. The fourth-order valence-electron chi connectivity index (χ4n) is 1.33. The van der Waals surface area contributed by atoms with Gasteiger partial charge in [-0.1, -0.05) is 0 Å². The molecule has 1 aromatic rings. The van der Waals surface area contributed by atoms with Gasteiger partial charge in [-0.25, -0.2) is 4.79 Å². The minimum Gasteiger partial charge on any atom is -0.479 e. The molecule has 0 fully saturated rings. The molecule has 0 aliphatic carbocycles. The molecule has 0 spiro atoms. The Kier molecular flexibility index (Phi) is 1.86. The van der Waals surface area contributed by atoms with Gasteiger partial charge >= 0.3 is 5.97 Å². The summed E-state index contributed by atoms with van der Waals surface area (Å²) in [4.78, 5) is 11.6. The molecule has 3 nitrogen and oxygen atoms in total. The topological polar surface area (TPSA) is 46.5 Å². The highest BCUT2D eigenvalue weighted by Crippen LogP contribution is 2.31. The molecule has 0 bridgehead atoms. The monoisotopic (exact) mass is 184 g/mol. The molecule has 1 N–H and O–H groups in total. The predicted octanol–water partition coefficient (Wildman–Crippen LogP) is 1.45. The van der Waals surface area contributed by atoms with Crippen LogP contribution in [0, 0.1) is 0 Å². The molecule has 1 aliphatic heterocycles. The Morgan fingerprint density at radius 3 is 3.33 bits per heavy atom. The third-order valence-electron chi connectivity index (χ3n) is 1.90. The third kappa shape index (κ3) is 1.13. The summed E-state index contributed by atoms with van der Waals surface area (Å²) in [5.41, 5.74) is 1.12. The van der Waals surface area contributed by atoms with E-state index < -0.39 is 12.1 Å². The standard InChI is InChI=1S/C8H8O3S/c9-8(10)6-7-5(1-3-11-6)2-4-12-7/h2,4,6H,1,3H2,(H,9,10). The van der Waals surface area contributed by atoms with Gasteiger partial charge in [0.15, 0.2) is 6.10 Å².